The summed E-state index contributed by atoms with van der Waals surface area (Å²) in [5, 5.41) is 2.92. The molecular weight excluding hydrogens is 366 g/mol. The first kappa shape index (κ1) is 20.5. The number of carbonyl (C=O) groups is 3. The van der Waals surface area contributed by atoms with Gasteiger partial charge in [0.15, 0.2) is 0 Å². The average molecular weight is 388 g/mol. The minimum atomic E-state index is -0.551. The van der Waals surface area contributed by atoms with Crippen molar-refractivity contribution in [1.82, 2.24) is 16.2 Å². The number of amides is 3. The van der Waals surface area contributed by atoms with E-state index >= 15 is 0 Å². The van der Waals surface area contributed by atoms with Crippen LogP contribution in [0, 0.1) is 0 Å². The Labute approximate surface area is 163 Å². The van der Waals surface area contributed by atoms with Crippen LogP contribution >= 0.6 is 11.6 Å². The van der Waals surface area contributed by atoms with Gasteiger partial charge in [-0.15, -0.1) is 0 Å². The normalized spacial score (nSPS) is 10.8. The second-order valence-corrected chi connectivity index (χ2v) is 7.46. The van der Waals surface area contributed by atoms with Crippen LogP contribution in [0.5, 0.6) is 0 Å². The molecule has 0 saturated carbocycles. The average Bonchev–Trinajstić information content (AvgIpc) is 2.63. The quantitative estimate of drug-likeness (QED) is 0.705. The maximum atomic E-state index is 12.1. The lowest BCUT2D eigenvalue weighted by atomic mass is 9.87. The molecule has 0 heterocycles. The smallest absolute Gasteiger partial charge is 0.269 e. The van der Waals surface area contributed by atoms with E-state index in [4.69, 9.17) is 11.6 Å². The second kappa shape index (κ2) is 8.68. The van der Waals surface area contributed by atoms with Crippen LogP contribution < -0.4 is 16.2 Å². The lowest BCUT2D eigenvalue weighted by molar-refractivity contribution is -0.120. The maximum Gasteiger partial charge on any atom is 0.269 e. The molecule has 3 amide bonds. The van der Waals surface area contributed by atoms with E-state index < -0.39 is 11.8 Å². The highest BCUT2D eigenvalue weighted by Crippen LogP contribution is 2.22. The van der Waals surface area contributed by atoms with Crippen molar-refractivity contribution in [3.05, 3.63) is 70.2 Å². The molecular formula is C20H22ClN3O3. The number of carbonyl (C=O) groups excluding carboxylic acids is 3. The van der Waals surface area contributed by atoms with Crippen molar-refractivity contribution < 1.29 is 14.4 Å². The predicted molar refractivity (Wildman–Crippen MR) is 105 cm³/mol. The fourth-order valence-corrected chi connectivity index (χ4v) is 2.45. The number of nitrogens with one attached hydrogen (secondary N) is 3. The summed E-state index contributed by atoms with van der Waals surface area (Å²) < 4.78 is 0. The second-order valence-electron chi connectivity index (χ2n) is 7.02. The van der Waals surface area contributed by atoms with Crippen LogP contribution in [0.1, 0.15) is 47.1 Å². The van der Waals surface area contributed by atoms with Gasteiger partial charge in [0.05, 0.1) is 6.54 Å². The van der Waals surface area contributed by atoms with Gasteiger partial charge in [-0.2, -0.15) is 0 Å². The van der Waals surface area contributed by atoms with Crippen molar-refractivity contribution in [2.75, 3.05) is 6.54 Å². The first-order valence-corrected chi connectivity index (χ1v) is 8.78. The van der Waals surface area contributed by atoms with Gasteiger partial charge in [0.25, 0.3) is 17.7 Å². The molecule has 0 spiro atoms. The lowest BCUT2D eigenvalue weighted by Gasteiger charge is -2.19. The molecule has 7 heteroatoms. The molecule has 142 valence electrons. The van der Waals surface area contributed by atoms with Crippen LogP contribution in [-0.4, -0.2) is 24.3 Å². The first-order valence-electron chi connectivity index (χ1n) is 8.40. The van der Waals surface area contributed by atoms with Crippen LogP contribution in [0.2, 0.25) is 5.02 Å². The van der Waals surface area contributed by atoms with Gasteiger partial charge in [-0.25, -0.2) is 0 Å². The summed E-state index contributed by atoms with van der Waals surface area (Å²) in [7, 11) is 0. The Morgan fingerprint density at radius 3 is 2.15 bits per heavy atom. The van der Waals surface area contributed by atoms with E-state index in [0.29, 0.717) is 16.1 Å². The van der Waals surface area contributed by atoms with Gasteiger partial charge in [-0.1, -0.05) is 50.6 Å². The zero-order valence-corrected chi connectivity index (χ0v) is 16.2. The topological polar surface area (TPSA) is 87.3 Å². The first-order chi connectivity index (χ1) is 12.7. The molecule has 0 radical (unpaired) electrons. The maximum absolute atomic E-state index is 12.1. The summed E-state index contributed by atoms with van der Waals surface area (Å²) in [6.45, 7) is 5.99. The number of hydrazine groups is 1. The van der Waals surface area contributed by atoms with Gasteiger partial charge in [0.2, 0.25) is 0 Å². The van der Waals surface area contributed by atoms with Crippen molar-refractivity contribution in [2.24, 2.45) is 0 Å². The molecule has 0 bridgehead atoms. The van der Waals surface area contributed by atoms with E-state index in [0.717, 1.165) is 5.56 Å². The Hall–Kier alpha value is -2.86. The molecule has 6 nitrogen and oxygen atoms in total. The molecule has 0 aliphatic carbocycles. The summed E-state index contributed by atoms with van der Waals surface area (Å²) in [5.74, 6) is -1.42. The molecule has 0 saturated heterocycles. The van der Waals surface area contributed by atoms with Crippen molar-refractivity contribution >= 4 is 29.3 Å². The number of halogens is 1. The molecule has 0 aromatic heterocycles. The standard InChI is InChI=1S/C20H22ClN3O3/c1-20(2,3)15-9-7-13(8-10-15)18(26)22-12-17(25)23-24-19(27)14-5-4-6-16(21)11-14/h4-11H,12H2,1-3H3,(H,22,26)(H,23,25)(H,24,27). The zero-order chi connectivity index (χ0) is 20.0. The summed E-state index contributed by atoms with van der Waals surface area (Å²) in [5.41, 5.74) is 6.38. The Bertz CT molecular complexity index is 842. The van der Waals surface area contributed by atoms with Gasteiger partial charge in [0, 0.05) is 16.1 Å². The highest BCUT2D eigenvalue weighted by Gasteiger charge is 2.15. The van der Waals surface area contributed by atoms with E-state index in [-0.39, 0.29) is 17.9 Å². The lowest BCUT2D eigenvalue weighted by Crippen LogP contribution is -2.46. The number of benzene rings is 2. The third-order valence-electron chi connectivity index (χ3n) is 3.82. The van der Waals surface area contributed by atoms with Gasteiger partial charge in [0.1, 0.15) is 0 Å². The van der Waals surface area contributed by atoms with E-state index in [9.17, 15) is 14.4 Å². The largest absolute Gasteiger partial charge is 0.343 e. The third-order valence-corrected chi connectivity index (χ3v) is 4.06. The van der Waals surface area contributed by atoms with Crippen LogP contribution in [0.15, 0.2) is 48.5 Å². The van der Waals surface area contributed by atoms with Gasteiger partial charge in [-0.05, 0) is 41.3 Å². The van der Waals surface area contributed by atoms with Gasteiger partial charge < -0.3 is 5.32 Å². The highest BCUT2D eigenvalue weighted by molar-refractivity contribution is 6.30. The monoisotopic (exact) mass is 387 g/mol. The molecule has 27 heavy (non-hydrogen) atoms. The summed E-state index contributed by atoms with van der Waals surface area (Å²) in [6.07, 6.45) is 0. The van der Waals surface area contributed by atoms with Crippen molar-refractivity contribution in [3.63, 3.8) is 0 Å². The summed E-state index contributed by atoms with van der Waals surface area (Å²) in [6, 6.07) is 13.5. The molecule has 0 atom stereocenters. The number of rotatable bonds is 4. The Balaban J connectivity index is 1.81. The minimum Gasteiger partial charge on any atom is -0.343 e. The summed E-state index contributed by atoms with van der Waals surface area (Å²) >= 11 is 5.81. The fraction of sp³-hybridized carbons (Fsp3) is 0.250. The molecule has 0 unspecified atom stereocenters. The zero-order valence-electron chi connectivity index (χ0n) is 15.4. The van der Waals surface area contributed by atoms with Crippen molar-refractivity contribution in [3.8, 4) is 0 Å². The van der Waals surface area contributed by atoms with Gasteiger partial charge >= 0.3 is 0 Å². The molecule has 2 aromatic carbocycles. The number of hydrogen-bond acceptors (Lipinski definition) is 3. The summed E-state index contributed by atoms with van der Waals surface area (Å²) in [4.78, 5) is 35.8. The molecule has 0 fully saturated rings. The van der Waals surface area contributed by atoms with Crippen molar-refractivity contribution in [1.29, 1.82) is 0 Å². The van der Waals surface area contributed by atoms with E-state index in [1.54, 1.807) is 30.3 Å². The third kappa shape index (κ3) is 6.11. The molecule has 3 N–H and O–H groups in total. The van der Waals surface area contributed by atoms with Crippen LogP contribution in [0.3, 0.4) is 0 Å². The molecule has 0 aliphatic heterocycles. The number of hydrogen-bond donors (Lipinski definition) is 3. The van der Waals surface area contributed by atoms with E-state index in [1.165, 1.54) is 6.07 Å². The Morgan fingerprint density at radius 2 is 1.56 bits per heavy atom. The fourth-order valence-electron chi connectivity index (χ4n) is 2.26. The van der Waals surface area contributed by atoms with E-state index in [1.807, 2.05) is 12.1 Å². The van der Waals surface area contributed by atoms with Crippen LogP contribution in [0.25, 0.3) is 0 Å². The highest BCUT2D eigenvalue weighted by atomic mass is 35.5. The molecule has 2 aromatic rings. The van der Waals surface area contributed by atoms with Crippen LogP contribution in [-0.2, 0) is 10.2 Å². The van der Waals surface area contributed by atoms with Crippen molar-refractivity contribution in [2.45, 2.75) is 26.2 Å². The Kier molecular flexibility index (Phi) is 6.58. The minimum absolute atomic E-state index is 0.00389. The predicted octanol–water partition coefficient (Wildman–Crippen LogP) is 2.83. The van der Waals surface area contributed by atoms with Gasteiger partial charge in [-0.3, -0.25) is 25.2 Å². The SMILES string of the molecule is CC(C)(C)c1ccc(C(=O)NCC(=O)NNC(=O)c2cccc(Cl)c2)cc1. The Morgan fingerprint density at radius 1 is 0.889 bits per heavy atom. The molecule has 2 rings (SSSR count). The van der Waals surface area contributed by atoms with E-state index in [2.05, 4.69) is 36.9 Å². The molecule has 0 aliphatic rings. The van der Waals surface area contributed by atoms with Crippen LogP contribution in [0.4, 0.5) is 0 Å².